The molecule has 3 fully saturated rings. The first-order chi connectivity index (χ1) is 15.5. The second-order valence-corrected chi connectivity index (χ2v) is 12.7. The highest BCUT2D eigenvalue weighted by Gasteiger charge is 2.36. The predicted octanol–water partition coefficient (Wildman–Crippen LogP) is 2.68. The average Bonchev–Trinajstić information content (AvgIpc) is 2.78. The van der Waals surface area contributed by atoms with Crippen molar-refractivity contribution >= 4 is 22.2 Å². The molecule has 0 bridgehead atoms. The summed E-state index contributed by atoms with van der Waals surface area (Å²) < 4.78 is 34.6. The number of hydrogen-bond donors (Lipinski definition) is 0. The van der Waals surface area contributed by atoms with Gasteiger partial charge in [-0.25, -0.2) is 4.79 Å². The number of amides is 2. The Labute approximate surface area is 199 Å². The van der Waals surface area contributed by atoms with Gasteiger partial charge in [0.2, 0.25) is 5.91 Å². The Kier molecular flexibility index (Phi) is 8.66. The van der Waals surface area contributed by atoms with Crippen molar-refractivity contribution in [2.24, 2.45) is 5.92 Å². The maximum atomic E-state index is 13.1. The summed E-state index contributed by atoms with van der Waals surface area (Å²) in [5.41, 5.74) is -0.509. The van der Waals surface area contributed by atoms with Gasteiger partial charge in [-0.3, -0.25) is 4.79 Å². The van der Waals surface area contributed by atoms with Crippen molar-refractivity contribution in [3.8, 4) is 0 Å². The number of ether oxygens (including phenoxy) is 1. The van der Waals surface area contributed by atoms with Crippen molar-refractivity contribution in [3.63, 3.8) is 0 Å². The summed E-state index contributed by atoms with van der Waals surface area (Å²) in [5, 5.41) is 0. The molecule has 0 radical (unpaired) electrons. The molecule has 1 aliphatic carbocycles. The Hall–Kier alpha value is -1.39. The van der Waals surface area contributed by atoms with E-state index in [1.165, 1.54) is 10.7 Å². The van der Waals surface area contributed by atoms with Crippen LogP contribution in [0.25, 0.3) is 0 Å². The van der Waals surface area contributed by atoms with E-state index >= 15 is 0 Å². The molecule has 2 saturated heterocycles. The van der Waals surface area contributed by atoms with E-state index in [-0.39, 0.29) is 24.0 Å². The first kappa shape index (κ1) is 26.2. The Morgan fingerprint density at radius 2 is 1.45 bits per heavy atom. The Balaban J connectivity index is 1.42. The molecule has 2 amide bonds. The number of nitrogens with zero attached hydrogens (tertiary/aromatic N) is 4. The molecule has 0 aromatic rings. The molecule has 0 unspecified atom stereocenters. The number of likely N-dealkylation sites (tertiary alicyclic amines) is 1. The molecule has 2 heterocycles. The lowest BCUT2D eigenvalue weighted by atomic mass is 9.93. The number of carbonyl (C=O) groups excluding carboxylic acids is 2. The Morgan fingerprint density at radius 3 is 2.00 bits per heavy atom. The van der Waals surface area contributed by atoms with E-state index in [1.807, 2.05) is 20.8 Å². The van der Waals surface area contributed by atoms with Crippen molar-refractivity contribution < 1.29 is 22.7 Å². The lowest BCUT2D eigenvalue weighted by molar-refractivity contribution is -0.133. The summed E-state index contributed by atoms with van der Waals surface area (Å²) >= 11 is 0. The Bertz CT molecular complexity index is 775. The van der Waals surface area contributed by atoms with Crippen LogP contribution in [0, 0.1) is 5.92 Å². The molecule has 0 atom stereocenters. The monoisotopic (exact) mass is 486 g/mol. The zero-order chi connectivity index (χ0) is 24.2. The van der Waals surface area contributed by atoms with Crippen LogP contribution in [0.1, 0.15) is 72.1 Å². The quantitative estimate of drug-likeness (QED) is 0.596. The van der Waals surface area contributed by atoms with Gasteiger partial charge in [-0.15, -0.1) is 0 Å². The minimum absolute atomic E-state index is 0.0865. The lowest BCUT2D eigenvalue weighted by Gasteiger charge is -2.39. The van der Waals surface area contributed by atoms with Crippen LogP contribution in [0.15, 0.2) is 0 Å². The number of piperazine rings is 1. The minimum atomic E-state index is -3.49. The van der Waals surface area contributed by atoms with E-state index < -0.39 is 15.8 Å². The lowest BCUT2D eigenvalue weighted by Crippen LogP contribution is -2.55. The molecule has 2 aliphatic heterocycles. The first-order valence-electron chi connectivity index (χ1n) is 12.5. The third-order valence-corrected chi connectivity index (χ3v) is 9.14. The molecule has 3 aliphatic rings. The minimum Gasteiger partial charge on any atom is -0.444 e. The van der Waals surface area contributed by atoms with Crippen molar-refractivity contribution in [2.45, 2.75) is 83.8 Å². The van der Waals surface area contributed by atoms with Crippen molar-refractivity contribution in [3.05, 3.63) is 0 Å². The zero-order valence-corrected chi connectivity index (χ0v) is 21.6. The molecular formula is C23H42N4O5S. The maximum absolute atomic E-state index is 13.1. The van der Waals surface area contributed by atoms with E-state index in [4.69, 9.17) is 4.74 Å². The molecule has 0 N–H and O–H groups in total. The molecule has 3 rings (SSSR count). The molecule has 0 aromatic carbocycles. The zero-order valence-electron chi connectivity index (χ0n) is 20.8. The van der Waals surface area contributed by atoms with E-state index in [1.54, 1.807) is 21.2 Å². The molecule has 190 valence electrons. The molecule has 0 aromatic heterocycles. The highest BCUT2D eigenvalue weighted by Crippen LogP contribution is 2.26. The topological polar surface area (TPSA) is 90.5 Å². The summed E-state index contributed by atoms with van der Waals surface area (Å²) in [5.74, 6) is 0.332. The second kappa shape index (κ2) is 10.9. The summed E-state index contributed by atoms with van der Waals surface area (Å²) in [6.45, 7) is 8.35. The summed E-state index contributed by atoms with van der Waals surface area (Å²) in [7, 11) is -1.79. The number of hydrogen-bond acceptors (Lipinski definition) is 5. The Morgan fingerprint density at radius 1 is 0.879 bits per heavy atom. The smallest absolute Gasteiger partial charge is 0.410 e. The highest BCUT2D eigenvalue weighted by molar-refractivity contribution is 7.86. The van der Waals surface area contributed by atoms with Crippen LogP contribution in [0.5, 0.6) is 0 Å². The number of carbonyl (C=O) groups is 2. The average molecular weight is 487 g/mol. The van der Waals surface area contributed by atoms with Crippen molar-refractivity contribution in [2.75, 3.05) is 46.3 Å². The largest absolute Gasteiger partial charge is 0.444 e. The molecule has 1 saturated carbocycles. The first-order valence-corrected chi connectivity index (χ1v) is 13.9. The molecule has 10 heteroatoms. The van der Waals surface area contributed by atoms with Gasteiger partial charge in [0.25, 0.3) is 10.2 Å². The van der Waals surface area contributed by atoms with Crippen LogP contribution in [0.2, 0.25) is 0 Å². The standard InChI is InChI=1S/C23H42N4O5S/c1-23(2,3)32-22(29)26-12-10-19(11-13-26)18-21(28)25-14-16-27(17-15-25)33(30,31)24(4)20-8-6-5-7-9-20/h19-20H,5-18H2,1-4H3. The third kappa shape index (κ3) is 7.05. The fraction of sp³-hybridized carbons (Fsp3) is 0.913. The fourth-order valence-corrected chi connectivity index (χ4v) is 6.58. The summed E-state index contributed by atoms with van der Waals surface area (Å²) in [6, 6.07) is 0.0926. The van der Waals surface area contributed by atoms with Gasteiger partial charge in [-0.2, -0.15) is 17.0 Å². The van der Waals surface area contributed by atoms with Gasteiger partial charge in [-0.05, 0) is 52.4 Å². The van der Waals surface area contributed by atoms with Crippen molar-refractivity contribution in [1.29, 1.82) is 0 Å². The summed E-state index contributed by atoms with van der Waals surface area (Å²) in [6.07, 6.45) is 6.95. The highest BCUT2D eigenvalue weighted by atomic mass is 32.2. The van der Waals surface area contributed by atoms with E-state index in [0.717, 1.165) is 38.5 Å². The van der Waals surface area contributed by atoms with E-state index in [9.17, 15) is 18.0 Å². The predicted molar refractivity (Wildman–Crippen MR) is 127 cm³/mol. The third-order valence-electron chi connectivity index (χ3n) is 7.10. The van der Waals surface area contributed by atoms with Gasteiger partial charge in [0.1, 0.15) is 5.60 Å². The second-order valence-electron chi connectivity index (χ2n) is 10.7. The van der Waals surface area contributed by atoms with Gasteiger partial charge in [0.05, 0.1) is 0 Å². The molecule has 9 nitrogen and oxygen atoms in total. The number of piperidine rings is 1. The van der Waals surface area contributed by atoms with Crippen LogP contribution in [0.4, 0.5) is 4.79 Å². The molecular weight excluding hydrogens is 444 g/mol. The molecule has 0 spiro atoms. The fourth-order valence-electron chi connectivity index (χ4n) is 5.01. The van der Waals surface area contributed by atoms with Gasteiger partial charge >= 0.3 is 6.09 Å². The van der Waals surface area contributed by atoms with Crippen molar-refractivity contribution in [1.82, 2.24) is 18.4 Å². The van der Waals surface area contributed by atoms with Gasteiger partial charge in [-0.1, -0.05) is 19.3 Å². The van der Waals surface area contributed by atoms with Crippen LogP contribution in [0.3, 0.4) is 0 Å². The van der Waals surface area contributed by atoms with Crippen LogP contribution in [-0.4, -0.2) is 96.8 Å². The van der Waals surface area contributed by atoms with E-state index in [2.05, 4.69) is 0 Å². The van der Waals surface area contributed by atoms with Crippen LogP contribution >= 0.6 is 0 Å². The molecule has 33 heavy (non-hydrogen) atoms. The van der Waals surface area contributed by atoms with Gasteiger partial charge < -0.3 is 14.5 Å². The summed E-state index contributed by atoms with van der Waals surface area (Å²) in [4.78, 5) is 28.6. The normalized spacial score (nSPS) is 22.6. The number of rotatable bonds is 5. The maximum Gasteiger partial charge on any atom is 0.410 e. The van der Waals surface area contributed by atoms with Gasteiger partial charge in [0, 0.05) is 58.8 Å². The van der Waals surface area contributed by atoms with Gasteiger partial charge in [0.15, 0.2) is 0 Å². The van der Waals surface area contributed by atoms with Crippen LogP contribution < -0.4 is 0 Å². The van der Waals surface area contributed by atoms with E-state index in [0.29, 0.717) is 45.7 Å². The van der Waals surface area contributed by atoms with Crippen LogP contribution in [-0.2, 0) is 19.7 Å². The SMILES string of the molecule is CN(C1CCCCC1)S(=O)(=O)N1CCN(C(=O)CC2CCN(C(=O)OC(C)(C)C)CC2)CC1.